The van der Waals surface area contributed by atoms with E-state index in [4.69, 9.17) is 0 Å². The van der Waals surface area contributed by atoms with E-state index in [9.17, 15) is 0 Å². The monoisotopic (exact) mass is 251 g/mol. The van der Waals surface area contributed by atoms with Crippen molar-refractivity contribution < 1.29 is 0 Å². The summed E-state index contributed by atoms with van der Waals surface area (Å²) in [4.78, 5) is 2.23. The van der Waals surface area contributed by atoms with Crippen molar-refractivity contribution >= 4 is 12.6 Å². The third-order valence-corrected chi connectivity index (χ3v) is 3.64. The van der Waals surface area contributed by atoms with Crippen LogP contribution in [-0.2, 0) is 5.41 Å². The minimum absolute atomic E-state index is 0.220. The average molecular weight is 251 g/mol. The summed E-state index contributed by atoms with van der Waals surface area (Å²) in [5.74, 6) is 0.850. The molecule has 0 aliphatic heterocycles. The molecule has 0 aliphatic rings. The molecule has 17 heavy (non-hydrogen) atoms. The van der Waals surface area contributed by atoms with E-state index in [1.165, 1.54) is 16.7 Å². The molecule has 0 spiro atoms. The van der Waals surface area contributed by atoms with Crippen LogP contribution in [0.25, 0.3) is 0 Å². The molecule has 0 amide bonds. The van der Waals surface area contributed by atoms with Gasteiger partial charge in [0, 0.05) is 11.8 Å². The van der Waals surface area contributed by atoms with Gasteiger partial charge in [0.2, 0.25) is 0 Å². The Morgan fingerprint density at radius 2 is 1.82 bits per heavy atom. The molecule has 1 nitrogen and oxygen atoms in total. The molecule has 0 saturated carbocycles. The van der Waals surface area contributed by atoms with Gasteiger partial charge in [-0.25, -0.2) is 0 Å². The summed E-state index contributed by atoms with van der Waals surface area (Å²) in [5, 5.41) is 0. The molecule has 0 bridgehead atoms. The van der Waals surface area contributed by atoms with Crippen LogP contribution in [0, 0.1) is 6.92 Å². The lowest BCUT2D eigenvalue weighted by molar-refractivity contribution is 0.325. The van der Waals surface area contributed by atoms with Crippen LogP contribution >= 0.6 is 12.6 Å². The molecule has 2 heteroatoms. The number of thiol groups is 1. The van der Waals surface area contributed by atoms with E-state index in [-0.39, 0.29) is 5.41 Å². The van der Waals surface area contributed by atoms with Crippen molar-refractivity contribution in [1.29, 1.82) is 0 Å². The lowest BCUT2D eigenvalue weighted by atomic mass is 9.84. The Morgan fingerprint density at radius 1 is 1.24 bits per heavy atom. The van der Waals surface area contributed by atoms with Gasteiger partial charge in [-0.2, -0.15) is 12.6 Å². The van der Waals surface area contributed by atoms with Crippen molar-refractivity contribution in [3.05, 3.63) is 34.9 Å². The van der Waals surface area contributed by atoms with Crippen LogP contribution in [0.4, 0.5) is 0 Å². The van der Waals surface area contributed by atoms with Crippen molar-refractivity contribution in [2.24, 2.45) is 0 Å². The highest BCUT2D eigenvalue weighted by Gasteiger charge is 2.18. The van der Waals surface area contributed by atoms with Gasteiger partial charge in [0.1, 0.15) is 0 Å². The summed E-state index contributed by atoms with van der Waals surface area (Å²) in [6.07, 6.45) is 0. The smallest absolute Gasteiger partial charge is 0.0432 e. The zero-order valence-corrected chi connectivity index (χ0v) is 12.8. The first kappa shape index (κ1) is 14.6. The zero-order valence-electron chi connectivity index (χ0n) is 11.9. The summed E-state index contributed by atoms with van der Waals surface area (Å²) >= 11 is 4.45. The van der Waals surface area contributed by atoms with E-state index < -0.39 is 0 Å². The summed E-state index contributed by atoms with van der Waals surface area (Å²) in [5.41, 5.74) is 4.37. The number of hydrogen-bond donors (Lipinski definition) is 1. The fraction of sp³-hybridized carbons (Fsp3) is 0.600. The first-order valence-electron chi connectivity index (χ1n) is 6.15. The predicted octanol–water partition coefficient (Wildman–Crippen LogP) is 3.83. The van der Waals surface area contributed by atoms with Gasteiger partial charge in [-0.1, -0.05) is 39.0 Å². The number of hydrogen-bond acceptors (Lipinski definition) is 2. The molecule has 1 atom stereocenters. The highest BCUT2D eigenvalue weighted by atomic mass is 32.1. The highest BCUT2D eigenvalue weighted by Crippen LogP contribution is 2.28. The highest BCUT2D eigenvalue weighted by molar-refractivity contribution is 7.80. The van der Waals surface area contributed by atoms with Gasteiger partial charge in [-0.05, 0) is 43.1 Å². The molecule has 0 radical (unpaired) electrons. The van der Waals surface area contributed by atoms with Gasteiger partial charge < -0.3 is 4.90 Å². The van der Waals surface area contributed by atoms with Crippen LogP contribution in [0.5, 0.6) is 0 Å². The number of rotatable bonds is 3. The molecule has 1 aromatic rings. The summed E-state index contributed by atoms with van der Waals surface area (Å²) in [6.45, 7) is 8.96. The number of nitrogens with zero attached hydrogens (tertiary/aromatic N) is 1. The van der Waals surface area contributed by atoms with E-state index >= 15 is 0 Å². The quantitative estimate of drug-likeness (QED) is 0.799. The van der Waals surface area contributed by atoms with Crippen molar-refractivity contribution in [2.45, 2.75) is 39.2 Å². The molecule has 1 aromatic carbocycles. The Balaban J connectivity index is 3.13. The fourth-order valence-electron chi connectivity index (χ4n) is 2.06. The van der Waals surface area contributed by atoms with Crippen LogP contribution < -0.4 is 0 Å². The first-order chi connectivity index (χ1) is 7.77. The molecule has 0 fully saturated rings. The minimum atomic E-state index is 0.220. The maximum absolute atomic E-state index is 4.45. The fourth-order valence-corrected chi connectivity index (χ4v) is 2.58. The standard InChI is InChI=1S/C15H25NS/c1-11-9-12(15(2,3)4)7-8-13(11)14(10-17)16(5)6/h7-9,14,17H,10H2,1-6H3. The Labute approximate surface area is 112 Å². The normalized spacial score (nSPS) is 14.1. The lowest BCUT2D eigenvalue weighted by Gasteiger charge is -2.26. The maximum Gasteiger partial charge on any atom is 0.0432 e. The van der Waals surface area contributed by atoms with E-state index in [1.54, 1.807) is 0 Å². The Bertz CT molecular complexity index is 377. The second-order valence-corrected chi connectivity index (χ2v) is 6.35. The Morgan fingerprint density at radius 3 is 2.18 bits per heavy atom. The second-order valence-electron chi connectivity index (χ2n) is 5.98. The SMILES string of the molecule is Cc1cc(C(C)(C)C)ccc1C(CS)N(C)C. The van der Waals surface area contributed by atoms with Gasteiger partial charge in [0.25, 0.3) is 0 Å². The summed E-state index contributed by atoms with van der Waals surface area (Å²) < 4.78 is 0. The number of aryl methyl sites for hydroxylation is 1. The van der Waals surface area contributed by atoms with Crippen LogP contribution in [0.3, 0.4) is 0 Å². The molecule has 1 unspecified atom stereocenters. The summed E-state index contributed by atoms with van der Waals surface area (Å²) in [7, 11) is 4.22. The minimum Gasteiger partial charge on any atom is -0.302 e. The number of benzene rings is 1. The maximum atomic E-state index is 4.45. The van der Waals surface area contributed by atoms with Crippen molar-refractivity contribution in [1.82, 2.24) is 4.90 Å². The summed E-state index contributed by atoms with van der Waals surface area (Å²) in [6, 6.07) is 7.22. The second kappa shape index (κ2) is 5.45. The van der Waals surface area contributed by atoms with E-state index in [0.717, 1.165) is 5.75 Å². The van der Waals surface area contributed by atoms with Crippen molar-refractivity contribution in [3.8, 4) is 0 Å². The third kappa shape index (κ3) is 3.49. The lowest BCUT2D eigenvalue weighted by Crippen LogP contribution is -2.22. The van der Waals surface area contributed by atoms with Crippen LogP contribution in [0.2, 0.25) is 0 Å². The Hall–Kier alpha value is -0.470. The van der Waals surface area contributed by atoms with E-state index in [0.29, 0.717) is 6.04 Å². The third-order valence-electron chi connectivity index (χ3n) is 3.29. The topological polar surface area (TPSA) is 3.24 Å². The molecule has 0 saturated heterocycles. The molecule has 0 heterocycles. The van der Waals surface area contributed by atoms with Crippen LogP contribution in [0.1, 0.15) is 43.5 Å². The zero-order chi connectivity index (χ0) is 13.2. The van der Waals surface area contributed by atoms with Gasteiger partial charge in [0.05, 0.1) is 0 Å². The molecular formula is C15H25NS. The van der Waals surface area contributed by atoms with Crippen LogP contribution in [0.15, 0.2) is 18.2 Å². The van der Waals surface area contributed by atoms with Gasteiger partial charge in [-0.3, -0.25) is 0 Å². The predicted molar refractivity (Wildman–Crippen MR) is 80.2 cm³/mol. The van der Waals surface area contributed by atoms with Gasteiger partial charge >= 0.3 is 0 Å². The molecule has 1 rings (SSSR count). The molecule has 96 valence electrons. The van der Waals surface area contributed by atoms with Gasteiger partial charge in [-0.15, -0.1) is 0 Å². The first-order valence-corrected chi connectivity index (χ1v) is 6.79. The molecule has 0 aromatic heterocycles. The largest absolute Gasteiger partial charge is 0.302 e. The molecule has 0 N–H and O–H groups in total. The average Bonchev–Trinajstić information content (AvgIpc) is 2.19. The van der Waals surface area contributed by atoms with E-state index in [1.807, 2.05) is 0 Å². The van der Waals surface area contributed by atoms with Crippen molar-refractivity contribution in [3.63, 3.8) is 0 Å². The molecule has 0 aliphatic carbocycles. The van der Waals surface area contributed by atoms with Crippen molar-refractivity contribution in [2.75, 3.05) is 19.8 Å². The van der Waals surface area contributed by atoms with Gasteiger partial charge in [0.15, 0.2) is 0 Å². The van der Waals surface area contributed by atoms with Crippen LogP contribution in [-0.4, -0.2) is 24.7 Å². The Kier molecular flexibility index (Phi) is 4.68. The molecular weight excluding hydrogens is 226 g/mol. The van der Waals surface area contributed by atoms with E-state index in [2.05, 4.69) is 77.5 Å².